The van der Waals surface area contributed by atoms with Crippen LogP contribution in [0, 0.1) is 0 Å². The van der Waals surface area contributed by atoms with E-state index in [0.29, 0.717) is 59.5 Å². The maximum absolute atomic E-state index is 13.6. The van der Waals surface area contributed by atoms with Crippen molar-refractivity contribution < 1.29 is 19.0 Å². The average Bonchev–Trinajstić information content (AvgIpc) is 3.24. The first-order valence-electron chi connectivity index (χ1n) is 13.5. The third-order valence-corrected chi connectivity index (χ3v) is 9.06. The number of aliphatic hydroxyl groups is 1. The topological polar surface area (TPSA) is 135 Å². The number of nitrogens with zero attached hydrogens (tertiary/aromatic N) is 3. The second-order valence-corrected chi connectivity index (χ2v) is 12.5. The molecule has 4 rings (SSSR count). The van der Waals surface area contributed by atoms with Crippen LogP contribution in [0.3, 0.4) is 0 Å². The number of halogens is 1. The maximum Gasteiger partial charge on any atom is 0.251 e. The molecule has 2 heterocycles. The number of rotatable bonds is 12. The Labute approximate surface area is 242 Å². The molecule has 0 aliphatic carbocycles. The van der Waals surface area contributed by atoms with Crippen LogP contribution < -0.4 is 20.3 Å². The molecule has 3 aromatic rings. The number of benzene rings is 2. The summed E-state index contributed by atoms with van der Waals surface area (Å²) in [6, 6.07) is 14.3. The van der Waals surface area contributed by atoms with Crippen LogP contribution in [-0.2, 0) is 20.0 Å². The van der Waals surface area contributed by atoms with Gasteiger partial charge in [-0.3, -0.25) is 22.9 Å². The van der Waals surface area contributed by atoms with Crippen molar-refractivity contribution in [2.24, 2.45) is 7.05 Å². The van der Waals surface area contributed by atoms with Crippen LogP contribution in [0.15, 0.2) is 54.7 Å². The fourth-order valence-electron chi connectivity index (χ4n) is 4.81. The molecule has 6 N–H and O–H groups in total. The van der Waals surface area contributed by atoms with Crippen molar-refractivity contribution in [3.63, 3.8) is 0 Å². The smallest absolute Gasteiger partial charge is 0.251 e. The van der Waals surface area contributed by atoms with Crippen molar-refractivity contribution in [3.05, 3.63) is 76.6 Å². The summed E-state index contributed by atoms with van der Waals surface area (Å²) in [6.45, 7) is 3.68. The highest BCUT2D eigenvalue weighted by molar-refractivity contribution is 8.25. The van der Waals surface area contributed by atoms with Crippen LogP contribution in [0.1, 0.15) is 41.4 Å². The summed E-state index contributed by atoms with van der Waals surface area (Å²) in [6.07, 6.45) is 2.82. The molecule has 0 radical (unpaired) electrons. The Morgan fingerprint density at radius 3 is 2.62 bits per heavy atom. The minimum absolute atomic E-state index is 0.210. The van der Waals surface area contributed by atoms with Gasteiger partial charge in [0.2, 0.25) is 0 Å². The molecule has 0 spiro atoms. The van der Waals surface area contributed by atoms with E-state index in [-0.39, 0.29) is 12.5 Å². The van der Waals surface area contributed by atoms with Crippen LogP contribution in [0.5, 0.6) is 0 Å². The largest absolute Gasteiger partial charge is 0.390 e. The van der Waals surface area contributed by atoms with Crippen molar-refractivity contribution in [3.8, 4) is 0 Å². The molecule has 0 unspecified atom stereocenters. The number of amides is 1. The molecule has 10 nitrogen and oxygen atoms in total. The first-order chi connectivity index (χ1) is 19.2. The Morgan fingerprint density at radius 2 is 1.95 bits per heavy atom. The van der Waals surface area contributed by atoms with Gasteiger partial charge < -0.3 is 21.1 Å². The molecule has 40 heavy (non-hydrogen) atoms. The summed E-state index contributed by atoms with van der Waals surface area (Å²) in [4.78, 5) is 13.6. The van der Waals surface area contributed by atoms with Gasteiger partial charge in [-0.2, -0.15) is 5.10 Å². The summed E-state index contributed by atoms with van der Waals surface area (Å²) < 4.78 is 24.6. The summed E-state index contributed by atoms with van der Waals surface area (Å²) in [5.74, 6) is -0.0515. The zero-order valence-corrected chi connectivity index (χ0v) is 24.5. The molecule has 1 amide bonds. The molecule has 12 heteroatoms. The van der Waals surface area contributed by atoms with Crippen molar-refractivity contribution in [2.75, 3.05) is 35.0 Å². The van der Waals surface area contributed by atoms with Crippen molar-refractivity contribution in [1.82, 2.24) is 20.4 Å². The van der Waals surface area contributed by atoms with Gasteiger partial charge in [-0.25, -0.2) is 0 Å². The Morgan fingerprint density at radius 1 is 1.18 bits per heavy atom. The summed E-state index contributed by atoms with van der Waals surface area (Å²) in [5, 5.41) is 25.5. The van der Waals surface area contributed by atoms with Gasteiger partial charge in [0.05, 0.1) is 34.3 Å². The zero-order valence-electron chi connectivity index (χ0n) is 22.9. The second kappa shape index (κ2) is 13.7. The first kappa shape index (κ1) is 30.2. The number of carbonyl (C=O) groups excluding carboxylic acids is 1. The van der Waals surface area contributed by atoms with Crippen LogP contribution in [0.25, 0.3) is 0 Å². The highest BCUT2D eigenvalue weighted by atomic mass is 35.5. The minimum Gasteiger partial charge on any atom is -0.390 e. The lowest BCUT2D eigenvalue weighted by Gasteiger charge is -2.47. The second-order valence-electron chi connectivity index (χ2n) is 10.0. The fourth-order valence-corrected chi connectivity index (χ4v) is 6.73. The molecule has 1 aliphatic heterocycles. The van der Waals surface area contributed by atoms with Gasteiger partial charge in [0, 0.05) is 50.7 Å². The third kappa shape index (κ3) is 7.90. The summed E-state index contributed by atoms with van der Waals surface area (Å²) in [5.41, 5.74) is 3.31. The first-order valence-corrected chi connectivity index (χ1v) is 15.6. The number of anilines is 2. The Kier molecular flexibility index (Phi) is 10.3. The summed E-state index contributed by atoms with van der Waals surface area (Å²) >= 11 is 6.21. The van der Waals surface area contributed by atoms with Gasteiger partial charge in [-0.1, -0.05) is 41.9 Å². The SMILES string of the molecule is CCNc1cc(C(=O)N[C@@H](Cc2ccccc2)[C@H](O)CNCc2nn(C)cc2Cl)cc(N2CCCCS2(O)O)c1. The van der Waals surface area contributed by atoms with E-state index in [1.807, 2.05) is 43.3 Å². The van der Waals surface area contributed by atoms with E-state index >= 15 is 0 Å². The van der Waals surface area contributed by atoms with E-state index in [1.165, 1.54) is 0 Å². The number of aromatic nitrogens is 2. The normalized spacial score (nSPS) is 17.2. The average molecular weight is 591 g/mol. The number of hydrogen-bond donors (Lipinski definition) is 6. The molecule has 1 aliphatic rings. The molecule has 218 valence electrons. The monoisotopic (exact) mass is 590 g/mol. The standard InChI is InChI=1S/C28H39ClN6O4S/c1-3-31-22-14-21(15-23(16-22)35-11-7-8-12-40(35,38)39)28(37)32-25(13-20-9-5-4-6-10-20)27(36)18-30-17-26-24(29)19-34(2)33-26/h4-6,9-10,14-16,19,25,27,30-31,36,38-39H,3,7-8,11-13,17-18H2,1-2H3,(H,32,37)/t25-,27+/m0/s1. The van der Waals surface area contributed by atoms with E-state index in [1.54, 1.807) is 34.4 Å². The number of carbonyl (C=O) groups is 1. The van der Waals surface area contributed by atoms with Gasteiger partial charge in [-0.15, -0.1) is 10.8 Å². The highest BCUT2D eigenvalue weighted by Gasteiger charge is 2.28. The Balaban J connectivity index is 1.53. The number of nitrogens with one attached hydrogen (secondary N) is 3. The molecule has 0 bridgehead atoms. The molecular formula is C28H39ClN6O4S. The predicted molar refractivity (Wildman–Crippen MR) is 162 cm³/mol. The zero-order chi connectivity index (χ0) is 28.7. The molecule has 1 saturated heterocycles. The molecule has 0 saturated carbocycles. The van der Waals surface area contributed by atoms with Crippen LogP contribution in [0.4, 0.5) is 11.4 Å². The quantitative estimate of drug-likeness (QED) is 0.184. The van der Waals surface area contributed by atoms with Gasteiger partial charge in [0.1, 0.15) is 0 Å². The van der Waals surface area contributed by atoms with Crippen LogP contribution >= 0.6 is 22.4 Å². The molecule has 2 aromatic carbocycles. The lowest BCUT2D eigenvalue weighted by molar-refractivity contribution is 0.0829. The number of aryl methyl sites for hydroxylation is 1. The Bertz CT molecular complexity index is 1270. The minimum atomic E-state index is -2.95. The van der Waals surface area contributed by atoms with Crippen molar-refractivity contribution in [2.45, 2.75) is 44.9 Å². The van der Waals surface area contributed by atoms with Gasteiger partial charge in [0.15, 0.2) is 0 Å². The lowest BCUT2D eigenvalue weighted by Crippen LogP contribution is -2.48. The highest BCUT2D eigenvalue weighted by Crippen LogP contribution is 2.50. The number of hydrogen-bond acceptors (Lipinski definition) is 8. The third-order valence-electron chi connectivity index (χ3n) is 6.81. The van der Waals surface area contributed by atoms with Crippen molar-refractivity contribution in [1.29, 1.82) is 0 Å². The van der Waals surface area contributed by atoms with Crippen LogP contribution in [0.2, 0.25) is 5.02 Å². The van der Waals surface area contributed by atoms with Crippen LogP contribution in [-0.4, -0.2) is 67.4 Å². The van der Waals surface area contributed by atoms with E-state index in [0.717, 1.165) is 18.4 Å². The number of aliphatic hydroxyl groups excluding tert-OH is 1. The van der Waals surface area contributed by atoms with E-state index in [4.69, 9.17) is 11.6 Å². The van der Waals surface area contributed by atoms with Gasteiger partial charge >= 0.3 is 0 Å². The molecule has 1 aromatic heterocycles. The molecular weight excluding hydrogens is 552 g/mol. The Hall–Kier alpha value is -2.80. The summed E-state index contributed by atoms with van der Waals surface area (Å²) in [7, 11) is -1.16. The maximum atomic E-state index is 13.6. The molecule has 2 atom stereocenters. The van der Waals surface area contributed by atoms with E-state index < -0.39 is 22.9 Å². The predicted octanol–water partition coefficient (Wildman–Crippen LogP) is 4.26. The molecule has 1 fully saturated rings. The van der Waals surface area contributed by atoms with Gasteiger partial charge in [0.25, 0.3) is 5.91 Å². The fraction of sp³-hybridized carbons (Fsp3) is 0.429. The van der Waals surface area contributed by atoms with E-state index in [2.05, 4.69) is 21.0 Å². The van der Waals surface area contributed by atoms with E-state index in [9.17, 15) is 19.0 Å². The lowest BCUT2D eigenvalue weighted by atomic mass is 10.00. The van der Waals surface area contributed by atoms with Gasteiger partial charge in [-0.05, 0) is 49.9 Å². The van der Waals surface area contributed by atoms with Crippen molar-refractivity contribution >= 4 is 39.7 Å².